The summed E-state index contributed by atoms with van der Waals surface area (Å²) < 4.78 is 6.82. The van der Waals surface area contributed by atoms with Gasteiger partial charge in [-0.1, -0.05) is 37.3 Å². The summed E-state index contributed by atoms with van der Waals surface area (Å²) in [5.74, 6) is 0.929. The van der Waals surface area contributed by atoms with Crippen molar-refractivity contribution in [3.8, 4) is 5.75 Å². The minimum atomic E-state index is 0.230. The van der Waals surface area contributed by atoms with Crippen molar-refractivity contribution in [3.05, 3.63) is 63.2 Å². The molecule has 1 N–H and O–H groups in total. The normalized spacial score (nSPS) is 12.1. The van der Waals surface area contributed by atoms with Crippen molar-refractivity contribution < 1.29 is 4.74 Å². The fourth-order valence-corrected chi connectivity index (χ4v) is 3.03. The van der Waals surface area contributed by atoms with Gasteiger partial charge < -0.3 is 10.1 Å². The zero-order valence-electron chi connectivity index (χ0n) is 12.6. The molecule has 1 unspecified atom stereocenters. The first-order valence-corrected chi connectivity index (χ1v) is 8.54. The van der Waals surface area contributed by atoms with Gasteiger partial charge in [0.2, 0.25) is 0 Å². The van der Waals surface area contributed by atoms with Gasteiger partial charge in [-0.2, -0.15) is 0 Å². The number of benzene rings is 2. The summed E-state index contributed by atoms with van der Waals surface area (Å²) in [6.45, 7) is 5.90. The molecule has 3 heteroatoms. The zero-order valence-corrected chi connectivity index (χ0v) is 14.8. The van der Waals surface area contributed by atoms with Crippen molar-refractivity contribution in [3.63, 3.8) is 0 Å². The number of rotatable bonds is 7. The van der Waals surface area contributed by atoms with Gasteiger partial charge in [0.25, 0.3) is 0 Å². The Morgan fingerprint density at radius 2 is 1.76 bits per heavy atom. The van der Waals surface area contributed by atoms with Crippen LogP contribution in [-0.2, 0) is 0 Å². The molecule has 112 valence electrons. The van der Waals surface area contributed by atoms with Crippen LogP contribution in [0.3, 0.4) is 0 Å². The van der Waals surface area contributed by atoms with Gasteiger partial charge in [0.1, 0.15) is 5.75 Å². The van der Waals surface area contributed by atoms with Crippen LogP contribution in [0, 0.1) is 3.57 Å². The Bertz CT molecular complexity index is 553. The average molecular weight is 395 g/mol. The van der Waals surface area contributed by atoms with Gasteiger partial charge in [0.05, 0.1) is 12.6 Å². The number of hydrogen-bond acceptors (Lipinski definition) is 2. The molecule has 0 spiro atoms. The quantitative estimate of drug-likeness (QED) is 0.682. The molecule has 0 bridgehead atoms. The van der Waals surface area contributed by atoms with Crippen LogP contribution in [0.25, 0.3) is 0 Å². The first-order valence-electron chi connectivity index (χ1n) is 7.46. The van der Waals surface area contributed by atoms with Gasteiger partial charge in [-0.25, -0.2) is 0 Å². The van der Waals surface area contributed by atoms with E-state index in [1.807, 2.05) is 6.92 Å². The van der Waals surface area contributed by atoms with E-state index in [0.29, 0.717) is 6.61 Å². The van der Waals surface area contributed by atoms with Crippen LogP contribution >= 0.6 is 22.6 Å². The molecule has 2 aromatic carbocycles. The second kappa shape index (κ2) is 8.39. The van der Waals surface area contributed by atoms with Crippen molar-refractivity contribution in [1.29, 1.82) is 0 Å². The van der Waals surface area contributed by atoms with Crippen LogP contribution in [0.1, 0.15) is 37.4 Å². The van der Waals surface area contributed by atoms with Gasteiger partial charge in [0.15, 0.2) is 0 Å². The van der Waals surface area contributed by atoms with Crippen molar-refractivity contribution >= 4 is 22.6 Å². The highest BCUT2D eigenvalue weighted by Crippen LogP contribution is 2.27. The van der Waals surface area contributed by atoms with E-state index in [2.05, 4.69) is 83.4 Å². The predicted octanol–water partition coefficient (Wildman–Crippen LogP) is 4.78. The molecule has 0 radical (unpaired) electrons. The number of halogens is 1. The van der Waals surface area contributed by atoms with Crippen LogP contribution in [0.5, 0.6) is 5.75 Å². The molecule has 2 aromatic rings. The van der Waals surface area contributed by atoms with Crippen LogP contribution in [0.2, 0.25) is 0 Å². The Balaban J connectivity index is 2.29. The molecule has 21 heavy (non-hydrogen) atoms. The van der Waals surface area contributed by atoms with E-state index < -0.39 is 0 Å². The monoisotopic (exact) mass is 395 g/mol. The van der Waals surface area contributed by atoms with Gasteiger partial charge in [-0.3, -0.25) is 0 Å². The van der Waals surface area contributed by atoms with Gasteiger partial charge in [-0.15, -0.1) is 0 Å². The summed E-state index contributed by atoms with van der Waals surface area (Å²) in [6, 6.07) is 17.2. The fourth-order valence-electron chi connectivity index (χ4n) is 2.33. The third kappa shape index (κ3) is 4.45. The molecule has 0 aliphatic rings. The summed E-state index contributed by atoms with van der Waals surface area (Å²) in [4.78, 5) is 0. The second-order valence-electron chi connectivity index (χ2n) is 4.91. The summed E-state index contributed by atoms with van der Waals surface area (Å²) in [5.41, 5.74) is 2.60. The maximum Gasteiger partial charge on any atom is 0.119 e. The Morgan fingerprint density at radius 1 is 1.05 bits per heavy atom. The van der Waals surface area contributed by atoms with Crippen LogP contribution in [0.4, 0.5) is 0 Å². The Kier molecular flexibility index (Phi) is 6.51. The smallest absolute Gasteiger partial charge is 0.119 e. The topological polar surface area (TPSA) is 21.3 Å². The average Bonchev–Trinajstić information content (AvgIpc) is 2.51. The van der Waals surface area contributed by atoms with E-state index in [-0.39, 0.29) is 6.04 Å². The van der Waals surface area contributed by atoms with E-state index >= 15 is 0 Å². The van der Waals surface area contributed by atoms with Crippen LogP contribution < -0.4 is 10.1 Å². The van der Waals surface area contributed by atoms with Gasteiger partial charge in [-0.05, 0) is 71.8 Å². The SMILES string of the molecule is CCCNC(c1ccc(OCC)cc1)c1ccccc1I. The molecule has 0 saturated heterocycles. The Morgan fingerprint density at radius 3 is 2.38 bits per heavy atom. The van der Waals surface area contributed by atoms with Crippen molar-refractivity contribution in [1.82, 2.24) is 5.32 Å². The highest BCUT2D eigenvalue weighted by molar-refractivity contribution is 14.1. The van der Waals surface area contributed by atoms with Crippen molar-refractivity contribution in [2.45, 2.75) is 26.3 Å². The first kappa shape index (κ1) is 16.3. The molecular formula is C18H22INO. The summed E-state index contributed by atoms with van der Waals surface area (Å²) in [7, 11) is 0. The summed E-state index contributed by atoms with van der Waals surface area (Å²) in [5, 5.41) is 3.65. The zero-order chi connectivity index (χ0) is 15.1. The second-order valence-corrected chi connectivity index (χ2v) is 6.07. The van der Waals surface area contributed by atoms with E-state index in [4.69, 9.17) is 4.74 Å². The molecule has 1 atom stereocenters. The molecule has 0 amide bonds. The summed E-state index contributed by atoms with van der Waals surface area (Å²) >= 11 is 2.41. The number of ether oxygens (including phenoxy) is 1. The number of hydrogen-bond donors (Lipinski definition) is 1. The standard InChI is InChI=1S/C18H22INO/c1-3-13-20-18(16-7-5-6-8-17(16)19)14-9-11-15(12-10-14)21-4-2/h5-12,18,20H,3-4,13H2,1-2H3. The first-order chi connectivity index (χ1) is 10.3. The molecule has 0 saturated carbocycles. The van der Waals surface area contributed by atoms with E-state index in [1.165, 1.54) is 14.7 Å². The molecule has 0 fully saturated rings. The fraction of sp³-hybridized carbons (Fsp3) is 0.333. The maximum absolute atomic E-state index is 5.53. The molecule has 2 rings (SSSR count). The molecular weight excluding hydrogens is 373 g/mol. The minimum Gasteiger partial charge on any atom is -0.494 e. The van der Waals surface area contributed by atoms with Crippen molar-refractivity contribution in [2.24, 2.45) is 0 Å². The van der Waals surface area contributed by atoms with E-state index in [9.17, 15) is 0 Å². The predicted molar refractivity (Wildman–Crippen MR) is 96.9 cm³/mol. The number of nitrogens with one attached hydrogen (secondary N) is 1. The lowest BCUT2D eigenvalue weighted by Gasteiger charge is -2.21. The summed E-state index contributed by atoms with van der Waals surface area (Å²) in [6.07, 6.45) is 1.12. The highest BCUT2D eigenvalue weighted by atomic mass is 127. The van der Waals surface area contributed by atoms with Crippen LogP contribution in [0.15, 0.2) is 48.5 Å². The molecule has 0 aliphatic heterocycles. The third-order valence-corrected chi connectivity index (χ3v) is 4.32. The minimum absolute atomic E-state index is 0.230. The molecule has 0 aromatic heterocycles. The Hall–Kier alpha value is -1.07. The lowest BCUT2D eigenvalue weighted by molar-refractivity contribution is 0.340. The maximum atomic E-state index is 5.53. The van der Waals surface area contributed by atoms with E-state index in [1.54, 1.807) is 0 Å². The van der Waals surface area contributed by atoms with Crippen molar-refractivity contribution in [2.75, 3.05) is 13.2 Å². The van der Waals surface area contributed by atoms with Gasteiger partial charge in [0, 0.05) is 3.57 Å². The van der Waals surface area contributed by atoms with E-state index in [0.717, 1.165) is 18.7 Å². The molecule has 0 heterocycles. The van der Waals surface area contributed by atoms with Crippen LogP contribution in [-0.4, -0.2) is 13.2 Å². The third-order valence-electron chi connectivity index (χ3n) is 3.34. The molecule has 2 nitrogen and oxygen atoms in total. The lowest BCUT2D eigenvalue weighted by atomic mass is 9.98. The lowest BCUT2D eigenvalue weighted by Crippen LogP contribution is -2.23. The Labute approximate surface area is 141 Å². The molecule has 0 aliphatic carbocycles. The largest absolute Gasteiger partial charge is 0.494 e. The van der Waals surface area contributed by atoms with Gasteiger partial charge >= 0.3 is 0 Å². The highest BCUT2D eigenvalue weighted by Gasteiger charge is 2.15.